The Balaban J connectivity index is 1.80. The summed E-state index contributed by atoms with van der Waals surface area (Å²) in [5, 5.41) is 0. The molecule has 0 unspecified atom stereocenters. The maximum absolute atomic E-state index is 6.01. The van der Waals surface area contributed by atoms with Crippen molar-refractivity contribution in [3.05, 3.63) is 29.3 Å². The summed E-state index contributed by atoms with van der Waals surface area (Å²) in [6.45, 7) is 5.50. The molecule has 2 fully saturated rings. The molecular formula is C20H29NO. The second kappa shape index (κ2) is 5.26. The molecule has 0 aromatic heterocycles. The van der Waals surface area contributed by atoms with Crippen LogP contribution < -0.4 is 4.74 Å². The Morgan fingerprint density at radius 2 is 2.09 bits per heavy atom. The summed E-state index contributed by atoms with van der Waals surface area (Å²) in [5.74, 6) is 1.94. The van der Waals surface area contributed by atoms with E-state index < -0.39 is 0 Å². The second-order valence-corrected chi connectivity index (χ2v) is 8.00. The summed E-state index contributed by atoms with van der Waals surface area (Å²) >= 11 is 0. The summed E-state index contributed by atoms with van der Waals surface area (Å²) in [5.41, 5.74) is 3.67. The first-order chi connectivity index (χ1) is 10.6. The highest BCUT2D eigenvalue weighted by Gasteiger charge is 2.53. The van der Waals surface area contributed by atoms with Gasteiger partial charge in [0, 0.05) is 11.5 Å². The zero-order chi connectivity index (χ0) is 15.3. The molecule has 2 nitrogen and oxygen atoms in total. The van der Waals surface area contributed by atoms with Crippen LogP contribution in [-0.4, -0.2) is 30.6 Å². The first kappa shape index (κ1) is 14.6. The zero-order valence-corrected chi connectivity index (χ0v) is 14.3. The Morgan fingerprint density at radius 1 is 1.23 bits per heavy atom. The van der Waals surface area contributed by atoms with Crippen LogP contribution in [0.1, 0.15) is 57.1 Å². The van der Waals surface area contributed by atoms with Crippen molar-refractivity contribution in [1.29, 1.82) is 0 Å². The topological polar surface area (TPSA) is 12.5 Å². The van der Waals surface area contributed by atoms with E-state index in [-0.39, 0.29) is 6.10 Å². The summed E-state index contributed by atoms with van der Waals surface area (Å²) < 4.78 is 6.01. The Labute approximate surface area is 134 Å². The Bertz CT molecular complexity index is 567. The number of likely N-dealkylation sites (N-methyl/N-ethyl adjacent to an activating group) is 1. The van der Waals surface area contributed by atoms with Crippen molar-refractivity contribution in [3.63, 3.8) is 0 Å². The lowest BCUT2D eigenvalue weighted by atomic mass is 9.52. The van der Waals surface area contributed by atoms with Crippen LogP contribution in [-0.2, 0) is 11.8 Å². The first-order valence-electron chi connectivity index (χ1n) is 9.10. The number of nitrogens with zero attached hydrogens (tertiary/aromatic N) is 1. The predicted molar refractivity (Wildman–Crippen MR) is 90.6 cm³/mol. The quantitative estimate of drug-likeness (QED) is 0.813. The van der Waals surface area contributed by atoms with Crippen LogP contribution >= 0.6 is 0 Å². The van der Waals surface area contributed by atoms with Gasteiger partial charge in [0.1, 0.15) is 5.75 Å². The van der Waals surface area contributed by atoms with Crippen molar-refractivity contribution >= 4 is 0 Å². The molecule has 1 saturated carbocycles. The van der Waals surface area contributed by atoms with E-state index in [1.165, 1.54) is 45.1 Å². The van der Waals surface area contributed by atoms with Gasteiger partial charge >= 0.3 is 0 Å². The lowest BCUT2D eigenvalue weighted by molar-refractivity contribution is 0.00266. The molecule has 120 valence electrons. The monoisotopic (exact) mass is 299 g/mol. The Kier molecular flexibility index (Phi) is 3.48. The van der Waals surface area contributed by atoms with Crippen molar-refractivity contribution in [2.75, 3.05) is 13.6 Å². The van der Waals surface area contributed by atoms with Crippen LogP contribution in [0.2, 0.25) is 0 Å². The largest absolute Gasteiger partial charge is 0.491 e. The Hall–Kier alpha value is -1.02. The zero-order valence-electron chi connectivity index (χ0n) is 14.3. The third-order valence-electron chi connectivity index (χ3n) is 6.46. The van der Waals surface area contributed by atoms with Crippen molar-refractivity contribution < 1.29 is 4.74 Å². The minimum Gasteiger partial charge on any atom is -0.491 e. The van der Waals surface area contributed by atoms with Crippen LogP contribution in [0, 0.1) is 5.92 Å². The highest BCUT2D eigenvalue weighted by Crippen LogP contribution is 2.55. The van der Waals surface area contributed by atoms with Gasteiger partial charge in [-0.25, -0.2) is 0 Å². The van der Waals surface area contributed by atoms with Gasteiger partial charge in [-0.1, -0.05) is 18.9 Å². The fourth-order valence-corrected chi connectivity index (χ4v) is 5.52. The molecule has 1 aliphatic heterocycles. The maximum atomic E-state index is 6.01. The van der Waals surface area contributed by atoms with Crippen LogP contribution in [0.4, 0.5) is 0 Å². The molecule has 4 rings (SSSR count). The van der Waals surface area contributed by atoms with Gasteiger partial charge < -0.3 is 9.64 Å². The SMILES string of the molecule is CC(C)Oc1ccc2c(c1)[C@@]13CCCC[C@@H]1[C@@H](C2)N(C)CC3. The van der Waals surface area contributed by atoms with Gasteiger partial charge in [-0.3, -0.25) is 0 Å². The van der Waals surface area contributed by atoms with Crippen molar-refractivity contribution in [2.24, 2.45) is 5.92 Å². The van der Waals surface area contributed by atoms with E-state index in [1.807, 2.05) is 0 Å². The molecule has 3 atom stereocenters. The van der Waals surface area contributed by atoms with Crippen LogP contribution in [0.25, 0.3) is 0 Å². The second-order valence-electron chi connectivity index (χ2n) is 8.00. The van der Waals surface area contributed by atoms with Gasteiger partial charge in [-0.15, -0.1) is 0 Å². The number of ether oxygens (including phenoxy) is 1. The third kappa shape index (κ3) is 2.11. The molecule has 0 radical (unpaired) electrons. The molecule has 2 heteroatoms. The lowest BCUT2D eigenvalue weighted by Gasteiger charge is -2.58. The Morgan fingerprint density at radius 3 is 2.91 bits per heavy atom. The molecule has 1 saturated heterocycles. The highest BCUT2D eigenvalue weighted by molar-refractivity contribution is 5.45. The van der Waals surface area contributed by atoms with Gasteiger partial charge in [-0.05, 0) is 82.3 Å². The minimum absolute atomic E-state index is 0.256. The van der Waals surface area contributed by atoms with E-state index in [1.54, 1.807) is 11.1 Å². The number of likely N-dealkylation sites (tertiary alicyclic amines) is 1. The average Bonchev–Trinajstić information content (AvgIpc) is 2.51. The fourth-order valence-electron chi connectivity index (χ4n) is 5.52. The number of benzene rings is 1. The summed E-state index contributed by atoms with van der Waals surface area (Å²) in [6, 6.07) is 7.70. The molecule has 1 heterocycles. The van der Waals surface area contributed by atoms with Gasteiger partial charge in [0.05, 0.1) is 6.10 Å². The van der Waals surface area contributed by atoms with E-state index in [0.29, 0.717) is 5.41 Å². The third-order valence-corrected chi connectivity index (χ3v) is 6.46. The summed E-state index contributed by atoms with van der Waals surface area (Å²) in [4.78, 5) is 2.63. The van der Waals surface area contributed by atoms with Crippen LogP contribution in [0.15, 0.2) is 18.2 Å². The lowest BCUT2D eigenvalue weighted by Crippen LogP contribution is -2.59. The van der Waals surface area contributed by atoms with Gasteiger partial charge in [0.15, 0.2) is 0 Å². The number of hydrogen-bond donors (Lipinski definition) is 0. The van der Waals surface area contributed by atoms with Crippen molar-refractivity contribution in [1.82, 2.24) is 4.90 Å². The van der Waals surface area contributed by atoms with Gasteiger partial charge in [0.25, 0.3) is 0 Å². The van der Waals surface area contributed by atoms with Crippen molar-refractivity contribution in [3.8, 4) is 5.75 Å². The van der Waals surface area contributed by atoms with Crippen LogP contribution in [0.3, 0.4) is 0 Å². The van der Waals surface area contributed by atoms with E-state index in [2.05, 4.69) is 44.0 Å². The van der Waals surface area contributed by atoms with E-state index >= 15 is 0 Å². The normalized spacial score (nSPS) is 34.2. The van der Waals surface area contributed by atoms with Gasteiger partial charge in [0.2, 0.25) is 0 Å². The van der Waals surface area contributed by atoms with Crippen LogP contribution in [0.5, 0.6) is 5.75 Å². The van der Waals surface area contributed by atoms with E-state index in [0.717, 1.165) is 17.7 Å². The molecule has 22 heavy (non-hydrogen) atoms. The van der Waals surface area contributed by atoms with E-state index in [4.69, 9.17) is 4.74 Å². The molecule has 2 aliphatic carbocycles. The minimum atomic E-state index is 0.256. The average molecular weight is 299 g/mol. The number of piperidine rings is 1. The summed E-state index contributed by atoms with van der Waals surface area (Å²) in [6.07, 6.45) is 8.47. The number of rotatable bonds is 2. The standard InChI is InChI=1S/C20H29NO/c1-14(2)22-16-8-7-15-12-19-17-6-4-5-9-20(17,18(15)13-16)10-11-21(19)3/h7-8,13-14,17,19H,4-6,9-12H2,1-3H3/t17-,19-,20-/m1/s1. The maximum Gasteiger partial charge on any atom is 0.119 e. The molecule has 0 amide bonds. The number of hydrogen-bond acceptors (Lipinski definition) is 2. The molecule has 2 bridgehead atoms. The molecule has 1 aromatic rings. The molecular weight excluding hydrogens is 270 g/mol. The van der Waals surface area contributed by atoms with Gasteiger partial charge in [-0.2, -0.15) is 0 Å². The highest BCUT2D eigenvalue weighted by atomic mass is 16.5. The predicted octanol–water partition coefficient (Wildman–Crippen LogP) is 4.16. The molecule has 3 aliphatic rings. The van der Waals surface area contributed by atoms with E-state index in [9.17, 15) is 0 Å². The molecule has 1 aromatic carbocycles. The molecule has 0 N–H and O–H groups in total. The first-order valence-corrected chi connectivity index (χ1v) is 9.10. The number of fused-ring (bicyclic) bond motifs is 1. The molecule has 0 spiro atoms. The fraction of sp³-hybridized carbons (Fsp3) is 0.700. The smallest absolute Gasteiger partial charge is 0.119 e. The summed E-state index contributed by atoms with van der Waals surface area (Å²) in [7, 11) is 2.34. The van der Waals surface area contributed by atoms with Crippen molar-refractivity contribution in [2.45, 2.75) is 69.9 Å².